The molecule has 0 rings (SSSR count). The molecule has 0 bridgehead atoms. The SMILES string of the molecule is CC/C=C/C(C)(C)/C=C\C=NC. The van der Waals surface area contributed by atoms with Crippen LogP contribution in [0.15, 0.2) is 29.3 Å². The van der Waals surface area contributed by atoms with Crippen LogP contribution >= 0.6 is 0 Å². The molecule has 0 aromatic rings. The summed E-state index contributed by atoms with van der Waals surface area (Å²) in [4.78, 5) is 3.88. The molecule has 1 heteroatoms. The Morgan fingerprint density at radius 2 is 1.92 bits per heavy atom. The van der Waals surface area contributed by atoms with Crippen molar-refractivity contribution in [2.24, 2.45) is 10.4 Å². The van der Waals surface area contributed by atoms with E-state index < -0.39 is 0 Å². The van der Waals surface area contributed by atoms with Crippen molar-refractivity contribution in [1.29, 1.82) is 0 Å². The first-order valence-corrected chi connectivity index (χ1v) is 4.40. The maximum atomic E-state index is 3.88. The number of allylic oxidation sites excluding steroid dienone is 4. The molecular weight excluding hydrogens is 146 g/mol. The Morgan fingerprint density at radius 1 is 1.25 bits per heavy atom. The van der Waals surface area contributed by atoms with E-state index in [0.717, 1.165) is 6.42 Å². The fraction of sp³-hybridized carbons (Fsp3) is 0.545. The average molecular weight is 165 g/mol. The molecule has 0 saturated carbocycles. The van der Waals surface area contributed by atoms with E-state index in [9.17, 15) is 0 Å². The monoisotopic (exact) mass is 165 g/mol. The molecule has 0 fully saturated rings. The Bertz CT molecular complexity index is 185. The standard InChI is InChI=1S/C11H19N/c1-5-6-8-11(2,3)9-7-10-12-4/h6-10H,5H2,1-4H3/b8-6+,9-7-,12-10?. The maximum absolute atomic E-state index is 3.88. The van der Waals surface area contributed by atoms with Crippen LogP contribution in [0.25, 0.3) is 0 Å². The number of hydrogen-bond acceptors (Lipinski definition) is 1. The summed E-state index contributed by atoms with van der Waals surface area (Å²) in [5.41, 5.74) is 0.150. The zero-order chi connectivity index (χ0) is 9.45. The zero-order valence-electron chi connectivity index (χ0n) is 8.54. The molecule has 0 aliphatic rings. The molecular formula is C11H19N. The summed E-state index contributed by atoms with van der Waals surface area (Å²) in [6, 6.07) is 0. The third-order valence-electron chi connectivity index (χ3n) is 1.54. The molecule has 0 aromatic carbocycles. The number of nitrogens with zero attached hydrogens (tertiary/aromatic N) is 1. The van der Waals surface area contributed by atoms with Gasteiger partial charge < -0.3 is 0 Å². The number of aliphatic imine (C=N–C) groups is 1. The molecule has 0 heterocycles. The van der Waals surface area contributed by atoms with Gasteiger partial charge in [0.05, 0.1) is 0 Å². The third kappa shape index (κ3) is 5.90. The molecule has 0 aliphatic carbocycles. The average Bonchev–Trinajstić information content (AvgIpc) is 2.01. The first-order valence-electron chi connectivity index (χ1n) is 4.40. The second kappa shape index (κ2) is 5.76. The molecule has 0 aromatic heterocycles. The van der Waals surface area contributed by atoms with Gasteiger partial charge in [0, 0.05) is 18.7 Å². The first kappa shape index (κ1) is 11.2. The molecule has 1 nitrogen and oxygen atoms in total. The van der Waals surface area contributed by atoms with Crippen LogP contribution in [0.5, 0.6) is 0 Å². The third-order valence-corrected chi connectivity index (χ3v) is 1.54. The van der Waals surface area contributed by atoms with Crippen LogP contribution in [-0.2, 0) is 0 Å². The smallest absolute Gasteiger partial charge is 0.0277 e. The van der Waals surface area contributed by atoms with Crippen LogP contribution < -0.4 is 0 Å². The molecule has 0 amide bonds. The highest BCUT2D eigenvalue weighted by atomic mass is 14.6. The molecule has 0 unspecified atom stereocenters. The Kier molecular flexibility index (Phi) is 5.35. The second-order valence-electron chi connectivity index (χ2n) is 3.40. The number of hydrogen-bond donors (Lipinski definition) is 0. The summed E-state index contributed by atoms with van der Waals surface area (Å²) >= 11 is 0. The highest BCUT2D eigenvalue weighted by Gasteiger charge is 2.06. The summed E-state index contributed by atoms with van der Waals surface area (Å²) in [5.74, 6) is 0. The summed E-state index contributed by atoms with van der Waals surface area (Å²) in [6.07, 6.45) is 11.4. The van der Waals surface area contributed by atoms with E-state index in [-0.39, 0.29) is 5.41 Å². The largest absolute Gasteiger partial charge is 0.297 e. The van der Waals surface area contributed by atoms with Crippen LogP contribution in [0, 0.1) is 5.41 Å². The van der Waals surface area contributed by atoms with Crippen LogP contribution in [0.1, 0.15) is 27.2 Å². The molecule has 0 N–H and O–H groups in total. The van der Waals surface area contributed by atoms with Crippen LogP contribution in [-0.4, -0.2) is 13.3 Å². The molecule has 0 saturated heterocycles. The molecule has 12 heavy (non-hydrogen) atoms. The van der Waals surface area contributed by atoms with Crippen molar-refractivity contribution in [3.05, 3.63) is 24.3 Å². The van der Waals surface area contributed by atoms with Gasteiger partial charge in [-0.15, -0.1) is 0 Å². The van der Waals surface area contributed by atoms with E-state index >= 15 is 0 Å². The molecule has 0 atom stereocenters. The lowest BCUT2D eigenvalue weighted by molar-refractivity contribution is 0.624. The van der Waals surface area contributed by atoms with Gasteiger partial charge in [-0.1, -0.05) is 39.0 Å². The Balaban J connectivity index is 4.11. The zero-order valence-corrected chi connectivity index (χ0v) is 8.54. The first-order chi connectivity index (χ1) is 5.62. The fourth-order valence-corrected chi connectivity index (χ4v) is 0.854. The second-order valence-corrected chi connectivity index (χ2v) is 3.40. The van der Waals surface area contributed by atoms with Crippen LogP contribution in [0.4, 0.5) is 0 Å². The van der Waals surface area contributed by atoms with Gasteiger partial charge in [-0.2, -0.15) is 0 Å². The van der Waals surface area contributed by atoms with E-state index in [0.29, 0.717) is 0 Å². The quantitative estimate of drug-likeness (QED) is 0.448. The van der Waals surface area contributed by atoms with Gasteiger partial charge in [0.1, 0.15) is 0 Å². The molecule has 0 aliphatic heterocycles. The van der Waals surface area contributed by atoms with E-state index in [4.69, 9.17) is 0 Å². The minimum Gasteiger partial charge on any atom is -0.297 e. The minimum atomic E-state index is 0.150. The lowest BCUT2D eigenvalue weighted by Gasteiger charge is -2.13. The Hall–Kier alpha value is -0.850. The van der Waals surface area contributed by atoms with E-state index in [1.54, 1.807) is 7.05 Å². The van der Waals surface area contributed by atoms with Crippen molar-refractivity contribution >= 4 is 6.21 Å². The van der Waals surface area contributed by atoms with Gasteiger partial charge >= 0.3 is 0 Å². The van der Waals surface area contributed by atoms with E-state index in [1.165, 1.54) is 0 Å². The molecule has 0 radical (unpaired) electrons. The van der Waals surface area contributed by atoms with Crippen molar-refractivity contribution in [1.82, 2.24) is 0 Å². The Morgan fingerprint density at radius 3 is 2.42 bits per heavy atom. The molecule has 0 spiro atoms. The topological polar surface area (TPSA) is 12.4 Å². The lowest BCUT2D eigenvalue weighted by atomic mass is 9.92. The van der Waals surface area contributed by atoms with Gasteiger partial charge in [0.15, 0.2) is 0 Å². The predicted octanol–water partition coefficient (Wildman–Crippen LogP) is 3.24. The van der Waals surface area contributed by atoms with Crippen LogP contribution in [0.3, 0.4) is 0 Å². The lowest BCUT2D eigenvalue weighted by Crippen LogP contribution is -2.01. The van der Waals surface area contributed by atoms with Crippen molar-refractivity contribution in [3.8, 4) is 0 Å². The van der Waals surface area contributed by atoms with Crippen molar-refractivity contribution in [2.75, 3.05) is 7.05 Å². The predicted molar refractivity (Wildman–Crippen MR) is 56.8 cm³/mol. The van der Waals surface area contributed by atoms with Gasteiger partial charge in [0.2, 0.25) is 0 Å². The summed E-state index contributed by atoms with van der Waals surface area (Å²) in [5, 5.41) is 0. The maximum Gasteiger partial charge on any atom is 0.0277 e. The fourth-order valence-electron chi connectivity index (χ4n) is 0.854. The van der Waals surface area contributed by atoms with Crippen molar-refractivity contribution in [2.45, 2.75) is 27.2 Å². The van der Waals surface area contributed by atoms with Gasteiger partial charge in [-0.3, -0.25) is 4.99 Å². The molecule has 68 valence electrons. The van der Waals surface area contributed by atoms with E-state index in [1.807, 2.05) is 12.3 Å². The highest BCUT2D eigenvalue weighted by molar-refractivity contribution is 5.71. The minimum absolute atomic E-state index is 0.150. The van der Waals surface area contributed by atoms with Gasteiger partial charge in [0.25, 0.3) is 0 Å². The Labute approximate surface area is 75.9 Å². The normalized spacial score (nSPS) is 14.0. The highest BCUT2D eigenvalue weighted by Crippen LogP contribution is 2.18. The van der Waals surface area contributed by atoms with Gasteiger partial charge in [-0.05, 0) is 12.5 Å². The van der Waals surface area contributed by atoms with Crippen molar-refractivity contribution < 1.29 is 0 Å². The van der Waals surface area contributed by atoms with Gasteiger partial charge in [-0.25, -0.2) is 0 Å². The van der Waals surface area contributed by atoms with Crippen LogP contribution in [0.2, 0.25) is 0 Å². The number of rotatable bonds is 4. The van der Waals surface area contributed by atoms with Crippen molar-refractivity contribution in [3.63, 3.8) is 0 Å². The van der Waals surface area contributed by atoms with E-state index in [2.05, 4.69) is 44.0 Å². The summed E-state index contributed by atoms with van der Waals surface area (Å²) in [6.45, 7) is 6.50. The summed E-state index contributed by atoms with van der Waals surface area (Å²) in [7, 11) is 1.78. The summed E-state index contributed by atoms with van der Waals surface area (Å²) < 4.78 is 0.